The highest BCUT2D eigenvalue weighted by molar-refractivity contribution is 5.76. The summed E-state index contributed by atoms with van der Waals surface area (Å²) >= 11 is 0. The lowest BCUT2D eigenvalue weighted by Gasteiger charge is -2.22. The lowest BCUT2D eigenvalue weighted by molar-refractivity contribution is -0.143. The van der Waals surface area contributed by atoms with Gasteiger partial charge in [-0.3, -0.25) is 9.59 Å². The second kappa shape index (κ2) is 51.2. The molecular weight excluding hydrogens is 755 g/mol. The van der Waals surface area contributed by atoms with Gasteiger partial charge in [0.15, 0.2) is 0 Å². The van der Waals surface area contributed by atoms with Crippen LogP contribution in [0.4, 0.5) is 0 Å². The lowest BCUT2D eigenvalue weighted by atomic mass is 10.0. The summed E-state index contributed by atoms with van der Waals surface area (Å²) in [6, 6.07) is -0.560. The predicted molar refractivity (Wildman–Crippen MR) is 264 cm³/mol. The fourth-order valence-electron chi connectivity index (χ4n) is 8.58. The first-order chi connectivity index (χ1) is 30.0. The Labute approximate surface area is 380 Å². The molecule has 0 fully saturated rings. The molecule has 0 aliphatic rings. The topological polar surface area (TPSA) is 95.9 Å². The third-order valence-corrected chi connectivity index (χ3v) is 12.8. The molecule has 0 aromatic rings. The van der Waals surface area contributed by atoms with Gasteiger partial charge in [-0.1, -0.05) is 251 Å². The van der Waals surface area contributed by atoms with Crippen molar-refractivity contribution < 1.29 is 24.5 Å². The molecule has 6 nitrogen and oxygen atoms in total. The van der Waals surface area contributed by atoms with E-state index < -0.39 is 12.1 Å². The zero-order valence-corrected chi connectivity index (χ0v) is 41.2. The van der Waals surface area contributed by atoms with Gasteiger partial charge in [0.25, 0.3) is 0 Å². The van der Waals surface area contributed by atoms with Gasteiger partial charge in [0.1, 0.15) is 0 Å². The van der Waals surface area contributed by atoms with Crippen LogP contribution in [0.3, 0.4) is 0 Å². The van der Waals surface area contributed by atoms with Crippen LogP contribution in [0, 0.1) is 0 Å². The standard InChI is InChI=1S/C55H107NO5/c1-3-5-7-9-11-13-15-17-19-21-25-29-33-37-41-45-49-55(60)61-50-46-42-38-34-30-26-22-24-28-32-36-40-44-48-54(59)56-52(51-57)53(58)47-43-39-35-31-27-23-20-18-16-14-12-10-8-6-4-2/h24,28,52-53,57-58H,3-23,25-27,29-51H2,1-2H3,(H,56,59)/b28-24-. The smallest absolute Gasteiger partial charge is 0.305 e. The Bertz CT molecular complexity index is 909. The maximum Gasteiger partial charge on any atom is 0.305 e. The van der Waals surface area contributed by atoms with Crippen molar-refractivity contribution in [2.75, 3.05) is 13.2 Å². The zero-order valence-electron chi connectivity index (χ0n) is 41.2. The van der Waals surface area contributed by atoms with E-state index in [4.69, 9.17) is 4.74 Å². The molecule has 0 heterocycles. The molecule has 61 heavy (non-hydrogen) atoms. The predicted octanol–water partition coefficient (Wildman–Crippen LogP) is 16.5. The first kappa shape index (κ1) is 59.6. The molecule has 1 amide bonds. The van der Waals surface area contributed by atoms with Gasteiger partial charge in [0.05, 0.1) is 25.4 Å². The summed E-state index contributed by atoms with van der Waals surface area (Å²) in [7, 11) is 0. The van der Waals surface area contributed by atoms with E-state index in [0.717, 1.165) is 70.6 Å². The summed E-state index contributed by atoms with van der Waals surface area (Å²) < 4.78 is 5.47. The normalized spacial score (nSPS) is 12.7. The first-order valence-corrected chi connectivity index (χ1v) is 27.4. The number of hydrogen-bond acceptors (Lipinski definition) is 5. The number of carbonyl (C=O) groups is 2. The van der Waals surface area contributed by atoms with Gasteiger partial charge in [-0.15, -0.1) is 0 Å². The summed E-state index contributed by atoms with van der Waals surface area (Å²) in [5, 5.41) is 23.2. The van der Waals surface area contributed by atoms with Crippen LogP contribution in [-0.4, -0.2) is 47.4 Å². The van der Waals surface area contributed by atoms with Crippen LogP contribution in [0.25, 0.3) is 0 Å². The Kier molecular flexibility index (Phi) is 50.1. The maximum absolute atomic E-state index is 12.4. The van der Waals surface area contributed by atoms with Gasteiger partial charge in [0.2, 0.25) is 5.91 Å². The van der Waals surface area contributed by atoms with Gasteiger partial charge < -0.3 is 20.3 Å². The van der Waals surface area contributed by atoms with Gasteiger partial charge in [-0.05, 0) is 51.4 Å². The van der Waals surface area contributed by atoms with Crippen LogP contribution >= 0.6 is 0 Å². The van der Waals surface area contributed by atoms with Crippen LogP contribution in [0.2, 0.25) is 0 Å². The monoisotopic (exact) mass is 862 g/mol. The van der Waals surface area contributed by atoms with E-state index in [2.05, 4.69) is 31.3 Å². The van der Waals surface area contributed by atoms with Crippen LogP contribution in [-0.2, 0) is 14.3 Å². The van der Waals surface area contributed by atoms with Crippen molar-refractivity contribution in [3.63, 3.8) is 0 Å². The summed E-state index contributed by atoms with van der Waals surface area (Å²) in [5.41, 5.74) is 0. The van der Waals surface area contributed by atoms with Crippen molar-refractivity contribution >= 4 is 11.9 Å². The van der Waals surface area contributed by atoms with Crippen LogP contribution in [0.1, 0.15) is 303 Å². The number of esters is 1. The molecule has 0 aromatic heterocycles. The zero-order chi connectivity index (χ0) is 44.4. The number of rotatable bonds is 51. The Morgan fingerprint density at radius 2 is 0.770 bits per heavy atom. The molecule has 0 saturated carbocycles. The molecule has 0 radical (unpaired) electrons. The van der Waals surface area contributed by atoms with Crippen LogP contribution in [0.15, 0.2) is 12.2 Å². The SMILES string of the molecule is CCCCCCCCCCCCCCCCCCC(=O)OCCCCCCCC/C=C\CCCCCC(=O)NC(CO)C(O)CCCCCCCCCCCCCCCCC. The van der Waals surface area contributed by atoms with Gasteiger partial charge >= 0.3 is 5.97 Å². The highest BCUT2D eigenvalue weighted by Crippen LogP contribution is 2.17. The van der Waals surface area contributed by atoms with Gasteiger partial charge in [-0.2, -0.15) is 0 Å². The number of ether oxygens (including phenoxy) is 1. The number of allylic oxidation sites excluding steroid dienone is 2. The number of amides is 1. The number of aliphatic hydroxyl groups is 2. The molecule has 2 unspecified atom stereocenters. The van der Waals surface area contributed by atoms with Crippen LogP contribution < -0.4 is 5.32 Å². The van der Waals surface area contributed by atoms with E-state index in [1.54, 1.807) is 0 Å². The number of unbranched alkanes of at least 4 members (excludes halogenated alkanes) is 38. The summed E-state index contributed by atoms with van der Waals surface area (Å²) in [5.74, 6) is -0.0718. The number of carbonyl (C=O) groups excluding carboxylic acids is 2. The van der Waals surface area contributed by atoms with Crippen molar-refractivity contribution in [3.8, 4) is 0 Å². The van der Waals surface area contributed by atoms with Crippen molar-refractivity contribution in [2.24, 2.45) is 0 Å². The van der Waals surface area contributed by atoms with E-state index in [-0.39, 0.29) is 18.5 Å². The first-order valence-electron chi connectivity index (χ1n) is 27.4. The quantitative estimate of drug-likeness (QED) is 0.0322. The fourth-order valence-corrected chi connectivity index (χ4v) is 8.58. The lowest BCUT2D eigenvalue weighted by Crippen LogP contribution is -2.45. The molecule has 362 valence electrons. The largest absolute Gasteiger partial charge is 0.466 e. The summed E-state index contributed by atoms with van der Waals surface area (Å²) in [6.45, 7) is 4.93. The molecule has 6 heteroatoms. The molecule has 0 rings (SSSR count). The van der Waals surface area contributed by atoms with E-state index in [1.807, 2.05) is 0 Å². The van der Waals surface area contributed by atoms with E-state index in [9.17, 15) is 19.8 Å². The van der Waals surface area contributed by atoms with Crippen molar-refractivity contribution in [1.82, 2.24) is 5.32 Å². The van der Waals surface area contributed by atoms with Crippen molar-refractivity contribution in [3.05, 3.63) is 12.2 Å². The molecule has 0 spiro atoms. The van der Waals surface area contributed by atoms with E-state index in [0.29, 0.717) is 25.9 Å². The number of hydrogen-bond donors (Lipinski definition) is 3. The number of aliphatic hydroxyl groups excluding tert-OH is 2. The second-order valence-corrected chi connectivity index (χ2v) is 18.9. The molecule has 0 aliphatic carbocycles. The Balaban J connectivity index is 3.47. The Hall–Kier alpha value is -1.40. The average Bonchev–Trinajstić information content (AvgIpc) is 3.26. The number of nitrogens with one attached hydrogen (secondary N) is 1. The molecule has 3 N–H and O–H groups in total. The molecular formula is C55H107NO5. The van der Waals surface area contributed by atoms with Crippen molar-refractivity contribution in [1.29, 1.82) is 0 Å². The minimum atomic E-state index is -0.680. The molecule has 0 aromatic carbocycles. The van der Waals surface area contributed by atoms with Gasteiger partial charge in [0, 0.05) is 12.8 Å². The summed E-state index contributed by atoms with van der Waals surface area (Å²) in [6.07, 6.45) is 59.0. The third-order valence-electron chi connectivity index (χ3n) is 12.8. The Morgan fingerprint density at radius 3 is 1.18 bits per heavy atom. The minimum absolute atomic E-state index is 0.00869. The van der Waals surface area contributed by atoms with Crippen molar-refractivity contribution in [2.45, 2.75) is 315 Å². The van der Waals surface area contributed by atoms with Crippen LogP contribution in [0.5, 0.6) is 0 Å². The van der Waals surface area contributed by atoms with E-state index >= 15 is 0 Å². The second-order valence-electron chi connectivity index (χ2n) is 18.9. The highest BCUT2D eigenvalue weighted by Gasteiger charge is 2.20. The molecule has 0 aliphatic heterocycles. The van der Waals surface area contributed by atoms with E-state index in [1.165, 1.54) is 199 Å². The molecule has 2 atom stereocenters. The maximum atomic E-state index is 12.4. The highest BCUT2D eigenvalue weighted by atomic mass is 16.5. The molecule has 0 bridgehead atoms. The van der Waals surface area contributed by atoms with Gasteiger partial charge in [-0.25, -0.2) is 0 Å². The summed E-state index contributed by atoms with van der Waals surface area (Å²) in [4.78, 5) is 24.5. The fraction of sp³-hybridized carbons (Fsp3) is 0.927. The average molecular weight is 862 g/mol. The minimum Gasteiger partial charge on any atom is -0.466 e. The Morgan fingerprint density at radius 1 is 0.443 bits per heavy atom. The third kappa shape index (κ3) is 47.9. The molecule has 0 saturated heterocycles.